The van der Waals surface area contributed by atoms with Crippen molar-refractivity contribution in [3.05, 3.63) is 0 Å². The van der Waals surface area contributed by atoms with Gasteiger partial charge in [0.25, 0.3) is 0 Å². The summed E-state index contributed by atoms with van der Waals surface area (Å²) in [7, 11) is 0. The van der Waals surface area contributed by atoms with E-state index in [2.05, 4.69) is 5.32 Å². The molecular formula is C19H38FNO7. The maximum absolute atomic E-state index is 13.8. The molecule has 0 aliphatic heterocycles. The van der Waals surface area contributed by atoms with Crippen molar-refractivity contribution in [1.82, 2.24) is 5.32 Å². The number of amides is 1. The molecule has 0 rings (SSSR count). The molecule has 8 nitrogen and oxygen atoms in total. The van der Waals surface area contributed by atoms with Crippen molar-refractivity contribution in [3.63, 3.8) is 0 Å². The summed E-state index contributed by atoms with van der Waals surface area (Å²) in [4.78, 5) is 20.8. The van der Waals surface area contributed by atoms with Crippen LogP contribution in [-0.4, -0.2) is 90.0 Å². The third-order valence-electron chi connectivity index (χ3n) is 3.26. The normalized spacial score (nSPS) is 12.1. The van der Waals surface area contributed by atoms with Crippen molar-refractivity contribution < 1.29 is 37.7 Å². The van der Waals surface area contributed by atoms with Crippen molar-refractivity contribution in [2.45, 2.75) is 46.4 Å². The number of Topliss-reactive ketones (excluding diaryl/α,β-unsaturated/α-hetero) is 1. The molecule has 0 aromatic carbocycles. The Labute approximate surface area is 168 Å². The molecule has 0 saturated heterocycles. The van der Waals surface area contributed by atoms with Crippen LogP contribution < -0.4 is 5.32 Å². The van der Waals surface area contributed by atoms with Crippen LogP contribution in [0.1, 0.15) is 34.6 Å². The average molecular weight is 412 g/mol. The molecule has 0 aliphatic rings. The lowest BCUT2D eigenvalue weighted by molar-refractivity contribution is -0.122. The van der Waals surface area contributed by atoms with Crippen molar-refractivity contribution in [3.8, 4) is 0 Å². The van der Waals surface area contributed by atoms with E-state index >= 15 is 0 Å². The van der Waals surface area contributed by atoms with Crippen LogP contribution >= 0.6 is 0 Å². The van der Waals surface area contributed by atoms with Gasteiger partial charge in [0, 0.05) is 0 Å². The van der Waals surface area contributed by atoms with Gasteiger partial charge in [0.05, 0.1) is 65.0 Å². The number of hydrogen-bond donors (Lipinski definition) is 1. The van der Waals surface area contributed by atoms with Gasteiger partial charge in [-0.1, -0.05) is 13.8 Å². The molecule has 1 N–H and O–H groups in total. The Morgan fingerprint density at radius 1 is 0.929 bits per heavy atom. The Balaban J connectivity index is 0. The molecule has 1 unspecified atom stereocenters. The number of ether oxygens (including phenoxy) is 5. The second-order valence-electron chi connectivity index (χ2n) is 6.04. The van der Waals surface area contributed by atoms with E-state index in [1.807, 2.05) is 13.8 Å². The topological polar surface area (TPSA) is 92.3 Å². The number of carbonyl (C=O) groups excluding carboxylic acids is 2. The van der Waals surface area contributed by atoms with Crippen LogP contribution in [-0.2, 0) is 33.3 Å². The molecule has 0 aromatic rings. The minimum Gasteiger partial charge on any atom is -0.377 e. The Morgan fingerprint density at radius 3 is 1.79 bits per heavy atom. The summed E-state index contributed by atoms with van der Waals surface area (Å²) >= 11 is 0. The molecule has 1 amide bonds. The summed E-state index contributed by atoms with van der Waals surface area (Å²) in [6.07, 6.45) is -0.844. The fourth-order valence-electron chi connectivity index (χ4n) is 1.73. The Hall–Kier alpha value is -1.13. The van der Waals surface area contributed by atoms with Crippen molar-refractivity contribution in [1.29, 1.82) is 0 Å². The van der Waals surface area contributed by atoms with E-state index in [4.69, 9.17) is 23.7 Å². The highest BCUT2D eigenvalue weighted by atomic mass is 19.1. The van der Waals surface area contributed by atoms with Gasteiger partial charge in [0.15, 0.2) is 5.78 Å². The molecule has 0 aromatic heterocycles. The van der Waals surface area contributed by atoms with E-state index in [1.165, 1.54) is 6.92 Å². The summed E-state index contributed by atoms with van der Waals surface area (Å²) < 4.78 is 40.2. The van der Waals surface area contributed by atoms with Crippen molar-refractivity contribution in [2.24, 2.45) is 0 Å². The van der Waals surface area contributed by atoms with Crippen LogP contribution in [0.5, 0.6) is 0 Å². The zero-order chi connectivity index (χ0) is 21.7. The van der Waals surface area contributed by atoms with Gasteiger partial charge in [-0.2, -0.15) is 0 Å². The maximum Gasteiger partial charge on any atom is 0.207 e. The molecule has 168 valence electrons. The van der Waals surface area contributed by atoms with E-state index in [9.17, 15) is 14.0 Å². The van der Waals surface area contributed by atoms with E-state index < -0.39 is 11.8 Å². The highest BCUT2D eigenvalue weighted by molar-refractivity contribution is 5.76. The van der Waals surface area contributed by atoms with Crippen LogP contribution in [0.25, 0.3) is 0 Å². The molecule has 0 radical (unpaired) electrons. The number of carbonyl (C=O) groups is 2. The molecule has 1 atom stereocenters. The van der Waals surface area contributed by atoms with Gasteiger partial charge in [0.1, 0.15) is 12.8 Å². The van der Waals surface area contributed by atoms with Crippen LogP contribution in [0.4, 0.5) is 4.39 Å². The number of alkyl halides is 1. The van der Waals surface area contributed by atoms with Crippen LogP contribution in [0.3, 0.4) is 0 Å². The maximum atomic E-state index is 13.8. The molecule has 0 bridgehead atoms. The van der Waals surface area contributed by atoms with Gasteiger partial charge in [-0.3, -0.25) is 9.59 Å². The molecule has 0 spiro atoms. The van der Waals surface area contributed by atoms with Crippen molar-refractivity contribution in [2.75, 3.05) is 66.0 Å². The monoisotopic (exact) mass is 411 g/mol. The average Bonchev–Trinajstić information content (AvgIpc) is 2.67. The largest absolute Gasteiger partial charge is 0.377 e. The second kappa shape index (κ2) is 20.6. The van der Waals surface area contributed by atoms with Gasteiger partial charge < -0.3 is 29.0 Å². The van der Waals surface area contributed by atoms with E-state index in [0.717, 1.165) is 0 Å². The lowest BCUT2D eigenvalue weighted by atomic mass is 10.0. The first kappa shape index (κ1) is 29.1. The number of ketones is 1. The first-order valence-electron chi connectivity index (χ1n) is 9.65. The highest BCUT2D eigenvalue weighted by Crippen LogP contribution is 2.17. The fraction of sp³-hybridized carbons (Fsp3) is 0.895. The Morgan fingerprint density at radius 2 is 1.36 bits per heavy atom. The zero-order valence-electron chi connectivity index (χ0n) is 18.0. The van der Waals surface area contributed by atoms with Gasteiger partial charge in [-0.05, 0) is 20.8 Å². The Kier molecular flexibility index (Phi) is 21.4. The molecular weight excluding hydrogens is 373 g/mol. The van der Waals surface area contributed by atoms with Crippen molar-refractivity contribution >= 4 is 12.2 Å². The standard InChI is InChI=1S/C17H32FNO7.C2H6/c1-15(21)13-25-9-8-23-5-4-22-6-7-24-10-11-26-17(2,3)16(18)12-19-14-20;1-2/h14,16H,4-13H2,1-3H3,(H,19,20);1-2H3. The summed E-state index contributed by atoms with van der Waals surface area (Å²) in [5.74, 6) is -0.0123. The van der Waals surface area contributed by atoms with E-state index in [0.29, 0.717) is 52.7 Å². The van der Waals surface area contributed by atoms with Gasteiger partial charge in [0.2, 0.25) is 6.41 Å². The first-order chi connectivity index (χ1) is 13.4. The summed E-state index contributed by atoms with van der Waals surface area (Å²) in [6.45, 7) is 11.8. The predicted octanol–water partition coefficient (Wildman–Crippen LogP) is 1.55. The second-order valence-corrected chi connectivity index (χ2v) is 6.04. The molecule has 0 heterocycles. The third-order valence-corrected chi connectivity index (χ3v) is 3.26. The molecule has 0 aliphatic carbocycles. The number of halogens is 1. The van der Waals surface area contributed by atoms with Gasteiger partial charge >= 0.3 is 0 Å². The van der Waals surface area contributed by atoms with Crippen LogP contribution in [0, 0.1) is 0 Å². The molecule has 9 heteroatoms. The van der Waals surface area contributed by atoms with Crippen LogP contribution in [0.15, 0.2) is 0 Å². The quantitative estimate of drug-likeness (QED) is 0.255. The first-order valence-corrected chi connectivity index (χ1v) is 9.65. The van der Waals surface area contributed by atoms with Crippen LogP contribution in [0.2, 0.25) is 0 Å². The predicted molar refractivity (Wildman–Crippen MR) is 104 cm³/mol. The fourth-order valence-corrected chi connectivity index (χ4v) is 1.73. The number of rotatable bonds is 19. The lowest BCUT2D eigenvalue weighted by Crippen LogP contribution is -2.43. The molecule has 0 fully saturated rings. The number of hydrogen-bond acceptors (Lipinski definition) is 7. The zero-order valence-corrected chi connectivity index (χ0v) is 18.0. The van der Waals surface area contributed by atoms with Gasteiger partial charge in [-0.15, -0.1) is 0 Å². The highest BCUT2D eigenvalue weighted by Gasteiger charge is 2.30. The minimum atomic E-state index is -1.30. The third kappa shape index (κ3) is 19.6. The summed E-state index contributed by atoms with van der Waals surface area (Å²) in [6, 6.07) is 0. The van der Waals surface area contributed by atoms with Gasteiger partial charge in [-0.25, -0.2) is 4.39 Å². The molecule has 28 heavy (non-hydrogen) atoms. The Bertz CT molecular complexity index is 370. The SMILES string of the molecule is CC.CC(=O)COCCOCCOCCOCCOC(C)(C)C(F)CNC=O. The minimum absolute atomic E-state index is 0.0123. The smallest absolute Gasteiger partial charge is 0.207 e. The molecule has 0 saturated carbocycles. The number of nitrogens with one attached hydrogen (secondary N) is 1. The lowest BCUT2D eigenvalue weighted by Gasteiger charge is -2.28. The summed E-state index contributed by atoms with van der Waals surface area (Å²) in [5, 5.41) is 2.29. The summed E-state index contributed by atoms with van der Waals surface area (Å²) in [5.41, 5.74) is -0.999. The van der Waals surface area contributed by atoms with E-state index in [1.54, 1.807) is 13.8 Å². The van der Waals surface area contributed by atoms with E-state index in [-0.39, 0.29) is 25.5 Å².